The SMILES string of the molecule is CCN(CC(=O)Nc1ccccc1C(F)(F)F)CC(=O)N[C@H]1CCCC[C@@H]1C. The van der Waals surface area contributed by atoms with Crippen molar-refractivity contribution in [3.63, 3.8) is 0 Å². The third-order valence-electron chi connectivity index (χ3n) is 5.15. The third kappa shape index (κ3) is 6.51. The Kier molecular flexibility index (Phi) is 7.86. The molecule has 28 heavy (non-hydrogen) atoms. The lowest BCUT2D eigenvalue weighted by molar-refractivity contribution is -0.137. The van der Waals surface area contributed by atoms with Crippen LogP contribution in [0.25, 0.3) is 0 Å². The maximum Gasteiger partial charge on any atom is 0.418 e. The molecule has 0 heterocycles. The lowest BCUT2D eigenvalue weighted by Crippen LogP contribution is -2.47. The van der Waals surface area contributed by atoms with Crippen molar-refractivity contribution in [1.82, 2.24) is 10.2 Å². The fourth-order valence-corrected chi connectivity index (χ4v) is 3.50. The van der Waals surface area contributed by atoms with Gasteiger partial charge in [0.05, 0.1) is 24.3 Å². The summed E-state index contributed by atoms with van der Waals surface area (Å²) in [7, 11) is 0. The molecule has 0 unspecified atom stereocenters. The van der Waals surface area contributed by atoms with Crippen LogP contribution in [-0.4, -0.2) is 42.4 Å². The van der Waals surface area contributed by atoms with E-state index in [-0.39, 0.29) is 30.7 Å². The number of halogens is 3. The van der Waals surface area contributed by atoms with Crippen LogP contribution in [0.3, 0.4) is 0 Å². The van der Waals surface area contributed by atoms with E-state index in [1.807, 2.05) is 0 Å². The number of para-hydroxylation sites is 1. The van der Waals surface area contributed by atoms with Crippen LogP contribution in [0.4, 0.5) is 18.9 Å². The van der Waals surface area contributed by atoms with Crippen molar-refractivity contribution >= 4 is 17.5 Å². The molecule has 5 nitrogen and oxygen atoms in total. The van der Waals surface area contributed by atoms with E-state index < -0.39 is 17.6 Å². The first-order valence-corrected chi connectivity index (χ1v) is 9.68. The van der Waals surface area contributed by atoms with Crippen LogP contribution in [0.5, 0.6) is 0 Å². The zero-order valence-electron chi connectivity index (χ0n) is 16.3. The second kappa shape index (κ2) is 9.91. The highest BCUT2D eigenvalue weighted by atomic mass is 19.4. The van der Waals surface area contributed by atoms with Gasteiger partial charge >= 0.3 is 6.18 Å². The smallest absolute Gasteiger partial charge is 0.352 e. The summed E-state index contributed by atoms with van der Waals surface area (Å²) in [5.74, 6) is -0.323. The fourth-order valence-electron chi connectivity index (χ4n) is 3.50. The van der Waals surface area contributed by atoms with Gasteiger partial charge in [0.15, 0.2) is 0 Å². The van der Waals surface area contributed by atoms with Crippen molar-refractivity contribution in [3.8, 4) is 0 Å². The van der Waals surface area contributed by atoms with Crippen molar-refractivity contribution in [3.05, 3.63) is 29.8 Å². The average Bonchev–Trinajstić information content (AvgIpc) is 2.62. The number of likely N-dealkylation sites (N-methyl/N-ethyl adjacent to an activating group) is 1. The summed E-state index contributed by atoms with van der Waals surface area (Å²) in [6, 6.07) is 4.99. The summed E-state index contributed by atoms with van der Waals surface area (Å²) in [6.45, 7) is 4.23. The van der Waals surface area contributed by atoms with Crippen molar-refractivity contribution in [2.24, 2.45) is 5.92 Å². The molecule has 0 bridgehead atoms. The van der Waals surface area contributed by atoms with Crippen LogP contribution in [0.1, 0.15) is 45.1 Å². The van der Waals surface area contributed by atoms with E-state index in [2.05, 4.69) is 17.6 Å². The number of carbonyl (C=O) groups excluding carboxylic acids is 2. The first kappa shape index (κ1) is 22.2. The molecule has 156 valence electrons. The molecule has 0 radical (unpaired) electrons. The highest BCUT2D eigenvalue weighted by molar-refractivity contribution is 5.93. The number of rotatable bonds is 7. The summed E-state index contributed by atoms with van der Waals surface area (Å²) >= 11 is 0. The minimum absolute atomic E-state index is 0.0358. The van der Waals surface area contributed by atoms with E-state index in [4.69, 9.17) is 0 Å². The third-order valence-corrected chi connectivity index (χ3v) is 5.15. The Morgan fingerprint density at radius 3 is 2.39 bits per heavy atom. The molecule has 8 heteroatoms. The van der Waals surface area contributed by atoms with Crippen molar-refractivity contribution in [1.29, 1.82) is 0 Å². The Labute approximate surface area is 163 Å². The Hall–Kier alpha value is -2.09. The Morgan fingerprint density at radius 2 is 1.75 bits per heavy atom. The fraction of sp³-hybridized carbons (Fsp3) is 0.600. The van der Waals surface area contributed by atoms with Crippen LogP contribution in [-0.2, 0) is 15.8 Å². The molecular formula is C20H28F3N3O2. The predicted molar refractivity (Wildman–Crippen MR) is 102 cm³/mol. The molecule has 0 aliphatic heterocycles. The van der Waals surface area contributed by atoms with Gasteiger partial charge in [0.1, 0.15) is 0 Å². The molecule has 1 aliphatic carbocycles. The number of hydrogen-bond donors (Lipinski definition) is 2. The minimum Gasteiger partial charge on any atom is -0.352 e. The van der Waals surface area contributed by atoms with Gasteiger partial charge in [-0.2, -0.15) is 13.2 Å². The molecule has 1 fully saturated rings. The van der Waals surface area contributed by atoms with Crippen molar-refractivity contribution in [2.75, 3.05) is 25.0 Å². The molecule has 2 amide bonds. The number of nitrogens with zero attached hydrogens (tertiary/aromatic N) is 1. The Morgan fingerprint density at radius 1 is 1.11 bits per heavy atom. The van der Waals surface area contributed by atoms with E-state index in [0.29, 0.717) is 12.5 Å². The van der Waals surface area contributed by atoms with E-state index in [1.165, 1.54) is 24.6 Å². The molecule has 2 atom stereocenters. The standard InChI is InChI=1S/C20H28F3N3O2/c1-3-26(12-18(27)24-16-10-6-4-8-14(16)2)13-19(28)25-17-11-7-5-9-15(17)20(21,22)23/h5,7,9,11,14,16H,3-4,6,8,10,12-13H2,1-2H3,(H,24,27)(H,25,28)/t14-,16-/m0/s1. The molecule has 2 N–H and O–H groups in total. The van der Waals surface area contributed by atoms with Gasteiger partial charge in [-0.3, -0.25) is 14.5 Å². The maximum absolute atomic E-state index is 13.0. The average molecular weight is 399 g/mol. The first-order chi connectivity index (χ1) is 13.2. The van der Waals surface area contributed by atoms with Crippen molar-refractivity contribution < 1.29 is 22.8 Å². The maximum atomic E-state index is 13.0. The van der Waals surface area contributed by atoms with Crippen LogP contribution in [0.2, 0.25) is 0 Å². The van der Waals surface area contributed by atoms with Gasteiger partial charge in [-0.05, 0) is 37.4 Å². The zero-order chi connectivity index (χ0) is 20.7. The minimum atomic E-state index is -4.55. The molecule has 1 aromatic carbocycles. The molecule has 0 aromatic heterocycles. The number of alkyl halides is 3. The monoisotopic (exact) mass is 399 g/mol. The van der Waals surface area contributed by atoms with Crippen LogP contribution in [0.15, 0.2) is 24.3 Å². The molecule has 2 rings (SSSR count). The summed E-state index contributed by atoms with van der Waals surface area (Å²) in [4.78, 5) is 26.2. The summed E-state index contributed by atoms with van der Waals surface area (Å²) in [6.07, 6.45) is -0.246. The second-order valence-electron chi connectivity index (χ2n) is 7.33. The lowest BCUT2D eigenvalue weighted by Gasteiger charge is -2.30. The lowest BCUT2D eigenvalue weighted by atomic mass is 9.86. The van der Waals surface area contributed by atoms with E-state index >= 15 is 0 Å². The van der Waals surface area contributed by atoms with Gasteiger partial charge in [0, 0.05) is 6.04 Å². The van der Waals surface area contributed by atoms with Crippen LogP contribution >= 0.6 is 0 Å². The normalized spacial score (nSPS) is 20.1. The summed E-state index contributed by atoms with van der Waals surface area (Å²) < 4.78 is 39.1. The molecule has 1 aromatic rings. The topological polar surface area (TPSA) is 61.4 Å². The van der Waals surface area contributed by atoms with E-state index in [0.717, 1.165) is 25.3 Å². The van der Waals surface area contributed by atoms with Gasteiger partial charge in [-0.15, -0.1) is 0 Å². The number of hydrogen-bond acceptors (Lipinski definition) is 3. The quantitative estimate of drug-likeness (QED) is 0.736. The van der Waals surface area contributed by atoms with E-state index in [1.54, 1.807) is 11.8 Å². The predicted octanol–water partition coefficient (Wildman–Crippen LogP) is 3.66. The number of benzene rings is 1. The number of anilines is 1. The largest absolute Gasteiger partial charge is 0.418 e. The summed E-state index contributed by atoms with van der Waals surface area (Å²) in [5.41, 5.74) is -1.17. The summed E-state index contributed by atoms with van der Waals surface area (Å²) in [5, 5.41) is 5.34. The molecular weight excluding hydrogens is 371 g/mol. The number of nitrogens with one attached hydrogen (secondary N) is 2. The highest BCUT2D eigenvalue weighted by Gasteiger charge is 2.33. The molecule has 1 aliphatic rings. The number of carbonyl (C=O) groups is 2. The molecule has 1 saturated carbocycles. The first-order valence-electron chi connectivity index (χ1n) is 9.68. The van der Waals surface area contributed by atoms with E-state index in [9.17, 15) is 22.8 Å². The van der Waals surface area contributed by atoms with Gasteiger partial charge in [-0.25, -0.2) is 0 Å². The second-order valence-corrected chi connectivity index (χ2v) is 7.33. The zero-order valence-corrected chi connectivity index (χ0v) is 16.3. The van der Waals surface area contributed by atoms with Gasteiger partial charge in [0.2, 0.25) is 11.8 Å². The molecule has 0 spiro atoms. The Bertz CT molecular complexity index is 679. The van der Waals surface area contributed by atoms with Crippen LogP contribution in [0, 0.1) is 5.92 Å². The van der Waals surface area contributed by atoms with Gasteiger partial charge < -0.3 is 10.6 Å². The van der Waals surface area contributed by atoms with Crippen LogP contribution < -0.4 is 10.6 Å². The molecule has 0 saturated heterocycles. The van der Waals surface area contributed by atoms with Gasteiger partial charge in [0.25, 0.3) is 0 Å². The Balaban J connectivity index is 1.90. The van der Waals surface area contributed by atoms with Crippen molar-refractivity contribution in [2.45, 2.75) is 51.7 Å². The highest BCUT2D eigenvalue weighted by Crippen LogP contribution is 2.34. The number of amides is 2. The van der Waals surface area contributed by atoms with Gasteiger partial charge in [-0.1, -0.05) is 38.8 Å².